The number of thiol groups is 1. The van der Waals surface area contributed by atoms with E-state index in [0.717, 1.165) is 19.6 Å². The van der Waals surface area contributed by atoms with Gasteiger partial charge in [0.25, 0.3) is 0 Å². The van der Waals surface area contributed by atoms with Gasteiger partial charge < -0.3 is 4.74 Å². The van der Waals surface area contributed by atoms with E-state index in [-0.39, 0.29) is 0 Å². The summed E-state index contributed by atoms with van der Waals surface area (Å²) in [6.45, 7) is 3.75. The molecule has 1 aliphatic rings. The van der Waals surface area contributed by atoms with Crippen LogP contribution in [0.4, 0.5) is 0 Å². The smallest absolute Gasteiger partial charge is 0.0650 e. The molecule has 0 radical (unpaired) electrons. The van der Waals surface area contributed by atoms with Crippen LogP contribution in [0, 0.1) is 0 Å². The number of hydrogen-bond acceptors (Lipinski definition) is 2. The Bertz CT molecular complexity index is 118. The molecule has 1 atom stereocenters. The molecule has 1 nitrogen and oxygen atoms in total. The molecule has 0 aromatic heterocycles. The van der Waals surface area contributed by atoms with E-state index in [9.17, 15) is 0 Å². The van der Waals surface area contributed by atoms with E-state index in [1.807, 2.05) is 0 Å². The van der Waals surface area contributed by atoms with Crippen molar-refractivity contribution in [3.63, 3.8) is 0 Å². The van der Waals surface area contributed by atoms with Gasteiger partial charge in [-0.2, -0.15) is 12.6 Å². The van der Waals surface area contributed by atoms with Crippen molar-refractivity contribution >= 4 is 12.6 Å². The van der Waals surface area contributed by atoms with Gasteiger partial charge in [-0.25, -0.2) is 0 Å². The zero-order valence-corrected chi connectivity index (χ0v) is 6.53. The lowest BCUT2D eigenvalue weighted by Crippen LogP contribution is -2.09. The summed E-state index contributed by atoms with van der Waals surface area (Å²) in [6, 6.07) is 0. The summed E-state index contributed by atoms with van der Waals surface area (Å²) in [6.07, 6.45) is 3.19. The van der Waals surface area contributed by atoms with Crippen LogP contribution < -0.4 is 0 Å². The Morgan fingerprint density at radius 1 is 1.78 bits per heavy atom. The van der Waals surface area contributed by atoms with Crippen LogP contribution >= 0.6 is 12.6 Å². The van der Waals surface area contributed by atoms with Crippen LogP contribution in [0.15, 0.2) is 11.6 Å². The Morgan fingerprint density at radius 3 is 2.89 bits per heavy atom. The third kappa shape index (κ3) is 2.03. The van der Waals surface area contributed by atoms with E-state index in [4.69, 9.17) is 4.74 Å². The van der Waals surface area contributed by atoms with Crippen molar-refractivity contribution in [1.82, 2.24) is 0 Å². The molecule has 1 heterocycles. The highest BCUT2D eigenvalue weighted by Gasteiger charge is 2.06. The summed E-state index contributed by atoms with van der Waals surface area (Å²) < 4.78 is 5.14. The van der Waals surface area contributed by atoms with Gasteiger partial charge in [-0.15, -0.1) is 0 Å². The molecule has 0 N–H and O–H groups in total. The second-order valence-corrected chi connectivity index (χ2v) is 3.05. The highest BCUT2D eigenvalue weighted by Crippen LogP contribution is 2.15. The largest absolute Gasteiger partial charge is 0.377 e. The maximum atomic E-state index is 5.14. The molecule has 2 heteroatoms. The molecule has 9 heavy (non-hydrogen) atoms. The van der Waals surface area contributed by atoms with Crippen molar-refractivity contribution in [3.05, 3.63) is 11.6 Å². The molecule has 0 aromatic carbocycles. The third-order valence-corrected chi connectivity index (χ3v) is 1.87. The topological polar surface area (TPSA) is 9.23 Å². The average molecular weight is 144 g/mol. The van der Waals surface area contributed by atoms with Gasteiger partial charge in [0.05, 0.1) is 13.2 Å². The molecule has 1 unspecified atom stereocenters. The predicted octanol–water partition coefficient (Wildman–Crippen LogP) is 1.65. The SMILES string of the molecule is CC(S)C1=CCOCC1. The van der Waals surface area contributed by atoms with E-state index in [1.54, 1.807) is 0 Å². The van der Waals surface area contributed by atoms with Gasteiger partial charge in [-0.05, 0) is 13.3 Å². The zero-order valence-electron chi connectivity index (χ0n) is 5.63. The van der Waals surface area contributed by atoms with Gasteiger partial charge in [0.2, 0.25) is 0 Å². The van der Waals surface area contributed by atoms with Crippen LogP contribution in [0.25, 0.3) is 0 Å². The fourth-order valence-electron chi connectivity index (χ4n) is 0.921. The van der Waals surface area contributed by atoms with Gasteiger partial charge in [-0.1, -0.05) is 11.6 Å². The minimum Gasteiger partial charge on any atom is -0.377 e. The van der Waals surface area contributed by atoms with Gasteiger partial charge in [0.1, 0.15) is 0 Å². The molecule has 0 saturated carbocycles. The van der Waals surface area contributed by atoms with Gasteiger partial charge in [0.15, 0.2) is 0 Å². The first-order chi connectivity index (χ1) is 4.30. The molecular formula is C7H12OS. The first-order valence-electron chi connectivity index (χ1n) is 3.25. The monoisotopic (exact) mass is 144 g/mol. The van der Waals surface area contributed by atoms with E-state index in [2.05, 4.69) is 25.6 Å². The minimum atomic E-state index is 0.411. The maximum Gasteiger partial charge on any atom is 0.0650 e. The van der Waals surface area contributed by atoms with Crippen molar-refractivity contribution in [2.45, 2.75) is 18.6 Å². The lowest BCUT2D eigenvalue weighted by atomic mass is 10.1. The van der Waals surface area contributed by atoms with Gasteiger partial charge >= 0.3 is 0 Å². The number of rotatable bonds is 1. The quantitative estimate of drug-likeness (QED) is 0.435. The first-order valence-corrected chi connectivity index (χ1v) is 3.77. The van der Waals surface area contributed by atoms with Crippen LogP contribution in [0.5, 0.6) is 0 Å². The highest BCUT2D eigenvalue weighted by atomic mass is 32.1. The molecule has 0 aromatic rings. The van der Waals surface area contributed by atoms with Crippen molar-refractivity contribution in [2.24, 2.45) is 0 Å². The Morgan fingerprint density at radius 2 is 2.56 bits per heavy atom. The third-order valence-electron chi connectivity index (χ3n) is 1.54. The predicted molar refractivity (Wildman–Crippen MR) is 42.0 cm³/mol. The summed E-state index contributed by atoms with van der Waals surface area (Å²) >= 11 is 4.32. The molecule has 0 aliphatic carbocycles. The Labute approximate surface area is 61.5 Å². The molecular weight excluding hydrogens is 132 g/mol. The molecule has 0 amide bonds. The molecule has 52 valence electrons. The molecule has 1 aliphatic heterocycles. The van der Waals surface area contributed by atoms with E-state index in [1.165, 1.54) is 5.57 Å². The molecule has 0 saturated heterocycles. The minimum absolute atomic E-state index is 0.411. The lowest BCUT2D eigenvalue weighted by Gasteiger charge is -2.15. The van der Waals surface area contributed by atoms with Gasteiger partial charge in [0, 0.05) is 5.25 Å². The fourth-order valence-corrected chi connectivity index (χ4v) is 1.16. The first kappa shape index (κ1) is 7.16. The average Bonchev–Trinajstić information content (AvgIpc) is 1.90. The van der Waals surface area contributed by atoms with Crippen LogP contribution in [0.1, 0.15) is 13.3 Å². The van der Waals surface area contributed by atoms with Crippen LogP contribution in [-0.2, 0) is 4.74 Å². The zero-order chi connectivity index (χ0) is 6.69. The van der Waals surface area contributed by atoms with E-state index < -0.39 is 0 Å². The van der Waals surface area contributed by atoms with E-state index in [0.29, 0.717) is 5.25 Å². The summed E-state index contributed by atoms with van der Waals surface area (Å²) in [4.78, 5) is 0. The fraction of sp³-hybridized carbons (Fsp3) is 0.714. The van der Waals surface area contributed by atoms with E-state index >= 15 is 0 Å². The Hall–Kier alpha value is 0.0500. The molecule has 1 rings (SSSR count). The standard InChI is InChI=1S/C7H12OS/c1-6(9)7-2-4-8-5-3-7/h2,6,9H,3-5H2,1H3. The molecule has 0 fully saturated rings. The normalized spacial score (nSPS) is 23.1. The van der Waals surface area contributed by atoms with Crippen molar-refractivity contribution in [3.8, 4) is 0 Å². The Balaban J connectivity index is 2.46. The van der Waals surface area contributed by atoms with Gasteiger partial charge in [-0.3, -0.25) is 0 Å². The van der Waals surface area contributed by atoms with Crippen molar-refractivity contribution in [1.29, 1.82) is 0 Å². The molecule has 0 bridgehead atoms. The Kier molecular flexibility index (Phi) is 2.61. The van der Waals surface area contributed by atoms with Crippen molar-refractivity contribution in [2.75, 3.05) is 13.2 Å². The van der Waals surface area contributed by atoms with Crippen molar-refractivity contribution < 1.29 is 4.74 Å². The van der Waals surface area contributed by atoms with Crippen LogP contribution in [0.2, 0.25) is 0 Å². The lowest BCUT2D eigenvalue weighted by molar-refractivity contribution is 0.154. The second-order valence-electron chi connectivity index (χ2n) is 2.28. The number of ether oxygens (including phenoxy) is 1. The summed E-state index contributed by atoms with van der Waals surface area (Å²) in [5.74, 6) is 0. The number of hydrogen-bond donors (Lipinski definition) is 1. The second kappa shape index (κ2) is 3.28. The highest BCUT2D eigenvalue weighted by molar-refractivity contribution is 7.81. The maximum absolute atomic E-state index is 5.14. The van der Waals surface area contributed by atoms with Crippen LogP contribution in [0.3, 0.4) is 0 Å². The summed E-state index contributed by atoms with van der Waals surface area (Å²) in [7, 11) is 0. The summed E-state index contributed by atoms with van der Waals surface area (Å²) in [5, 5.41) is 0.411. The van der Waals surface area contributed by atoms with Crippen LogP contribution in [-0.4, -0.2) is 18.5 Å². The molecule has 0 spiro atoms. The summed E-state index contributed by atoms with van der Waals surface area (Å²) in [5.41, 5.74) is 1.42.